The fourth-order valence-electron chi connectivity index (χ4n) is 0. The summed E-state index contributed by atoms with van der Waals surface area (Å²) < 4.78 is 0. The Bertz CT molecular complexity index is 22.8. The van der Waals surface area contributed by atoms with Gasteiger partial charge in [0, 0.05) is 48.9 Å². The van der Waals surface area contributed by atoms with Crippen molar-refractivity contribution < 1.29 is 0 Å². The van der Waals surface area contributed by atoms with E-state index < -0.39 is 0 Å². The second kappa shape index (κ2) is 6.49. The summed E-state index contributed by atoms with van der Waals surface area (Å²) in [4.78, 5) is 0. The van der Waals surface area contributed by atoms with Crippen LogP contribution in [-0.4, -0.2) is 55.0 Å². The van der Waals surface area contributed by atoms with Gasteiger partial charge in [0.05, 0.1) is 6.17 Å². The summed E-state index contributed by atoms with van der Waals surface area (Å²) in [5.74, 6) is 0. The van der Waals surface area contributed by atoms with Crippen molar-refractivity contribution in [2.24, 2.45) is 11.5 Å². The predicted octanol–water partition coefficient (Wildman–Crippen LogP) is -0.741. The molecule has 0 aliphatic heterocycles. The van der Waals surface area contributed by atoms with Crippen LogP contribution < -0.4 is 11.5 Å². The van der Waals surface area contributed by atoms with E-state index >= 15 is 0 Å². The number of rotatable bonds is 1. The molecule has 2 nitrogen and oxygen atoms in total. The van der Waals surface area contributed by atoms with Crippen LogP contribution in [0.15, 0.2) is 0 Å². The zero-order valence-electron chi connectivity index (χ0n) is 4.15. The van der Waals surface area contributed by atoms with Gasteiger partial charge in [0.1, 0.15) is 0 Å². The van der Waals surface area contributed by atoms with Crippen LogP contribution >= 0.6 is 0 Å². The summed E-state index contributed by atoms with van der Waals surface area (Å²) in [6, 6.07) is 0. The Morgan fingerprint density at radius 1 is 1.50 bits per heavy atom. The minimum atomic E-state index is -0.116. The fourth-order valence-corrected chi connectivity index (χ4v) is 0. The molecular weight excluding hydrogens is 201 g/mol. The Morgan fingerprint density at radius 3 is 1.67 bits per heavy atom. The second-order valence-corrected chi connectivity index (χ2v) is 1.07. The quantitative estimate of drug-likeness (QED) is 0.443. The topological polar surface area (TPSA) is 52.0 Å². The van der Waals surface area contributed by atoms with Gasteiger partial charge in [-0.05, 0) is 6.42 Å². The molecule has 0 amide bonds. The van der Waals surface area contributed by atoms with E-state index in [4.69, 9.17) is 11.5 Å². The van der Waals surface area contributed by atoms with Gasteiger partial charge < -0.3 is 11.5 Å². The zero-order valence-corrected chi connectivity index (χ0v) is 8.59. The monoisotopic (exact) mass is 212 g/mol. The molecule has 0 fully saturated rings. The Balaban J connectivity index is 0. The average Bonchev–Trinajstić information content (AvgIpc) is 1.38. The normalized spacial score (nSPS) is 8.00. The Labute approximate surface area is 78.7 Å². The molecule has 0 rings (SSSR count). The van der Waals surface area contributed by atoms with Crippen molar-refractivity contribution in [3.8, 4) is 0 Å². The van der Waals surface area contributed by atoms with Crippen molar-refractivity contribution in [3.05, 3.63) is 0 Å². The third-order valence-electron chi connectivity index (χ3n) is 0.471. The molecule has 0 aromatic carbocycles. The molecule has 0 atom stereocenters. The predicted molar refractivity (Wildman–Crippen MR) is 28.2 cm³/mol. The van der Waals surface area contributed by atoms with Gasteiger partial charge in [-0.25, -0.2) is 0 Å². The number of nitrogens with two attached hydrogens (primary N) is 2. The van der Waals surface area contributed by atoms with Crippen LogP contribution in [0.3, 0.4) is 0 Å². The fraction of sp³-hybridized carbons (Fsp3) is 1.00. The van der Waals surface area contributed by atoms with Gasteiger partial charge in [-0.1, -0.05) is 6.92 Å². The van der Waals surface area contributed by atoms with Gasteiger partial charge in [-0.15, -0.1) is 0 Å². The Morgan fingerprint density at radius 2 is 1.67 bits per heavy atom. The van der Waals surface area contributed by atoms with Crippen LogP contribution in [0.4, 0.5) is 0 Å². The summed E-state index contributed by atoms with van der Waals surface area (Å²) >= 11 is 0. The van der Waals surface area contributed by atoms with Gasteiger partial charge in [0.2, 0.25) is 0 Å². The summed E-state index contributed by atoms with van der Waals surface area (Å²) in [7, 11) is 0. The molecule has 6 heavy (non-hydrogen) atoms. The molecule has 0 aromatic heterocycles. The first-order valence-corrected chi connectivity index (χ1v) is 1.78. The summed E-state index contributed by atoms with van der Waals surface area (Å²) in [5.41, 5.74) is 10.1. The van der Waals surface area contributed by atoms with Gasteiger partial charge in [0.15, 0.2) is 0 Å². The van der Waals surface area contributed by atoms with Crippen LogP contribution in [0.5, 0.6) is 0 Å². The smallest absolute Gasteiger partial charge is 0.0518 e. The van der Waals surface area contributed by atoms with Crippen molar-refractivity contribution >= 4 is 48.9 Å². The minimum absolute atomic E-state index is 0. The summed E-state index contributed by atoms with van der Waals surface area (Å²) in [5, 5.41) is 0. The SMILES string of the molecule is CCC(N)N.[Ba]. The minimum Gasteiger partial charge on any atom is -0.316 e. The summed E-state index contributed by atoms with van der Waals surface area (Å²) in [6.07, 6.45) is 0.745. The maximum atomic E-state index is 5.07. The Hall–Kier alpha value is 1.49. The first-order valence-electron chi connectivity index (χ1n) is 1.78. The van der Waals surface area contributed by atoms with E-state index in [1.165, 1.54) is 0 Å². The Kier molecular flexibility index (Phi) is 11.3. The van der Waals surface area contributed by atoms with Gasteiger partial charge in [-0.2, -0.15) is 0 Å². The molecule has 2 radical (unpaired) electrons. The van der Waals surface area contributed by atoms with Crippen LogP contribution in [0.1, 0.15) is 13.3 Å². The molecule has 0 saturated heterocycles. The molecule has 0 aliphatic carbocycles. The summed E-state index contributed by atoms with van der Waals surface area (Å²) in [6.45, 7) is 1.95. The largest absolute Gasteiger partial charge is 0.316 e. The molecule has 0 aromatic rings. The molecule has 4 N–H and O–H groups in total. The van der Waals surface area contributed by atoms with Gasteiger partial charge in [0.25, 0.3) is 0 Å². The van der Waals surface area contributed by atoms with Crippen molar-refractivity contribution in [2.75, 3.05) is 0 Å². The number of hydrogen-bond acceptors (Lipinski definition) is 2. The number of hydrogen-bond donors (Lipinski definition) is 2. The molecule has 0 bridgehead atoms. The molecule has 0 saturated carbocycles. The van der Waals surface area contributed by atoms with E-state index in [9.17, 15) is 0 Å². The van der Waals surface area contributed by atoms with E-state index in [1.54, 1.807) is 0 Å². The second-order valence-electron chi connectivity index (χ2n) is 1.07. The van der Waals surface area contributed by atoms with E-state index in [2.05, 4.69) is 0 Å². The van der Waals surface area contributed by atoms with Crippen LogP contribution in [0.2, 0.25) is 0 Å². The van der Waals surface area contributed by atoms with Crippen molar-refractivity contribution in [2.45, 2.75) is 19.5 Å². The first kappa shape index (κ1) is 10.5. The molecule has 3 heteroatoms. The van der Waals surface area contributed by atoms with Crippen molar-refractivity contribution in [1.29, 1.82) is 0 Å². The van der Waals surface area contributed by atoms with Crippen LogP contribution in [0.25, 0.3) is 0 Å². The van der Waals surface area contributed by atoms with Gasteiger partial charge in [-0.3, -0.25) is 0 Å². The third-order valence-corrected chi connectivity index (χ3v) is 0.471. The van der Waals surface area contributed by atoms with E-state index in [0.29, 0.717) is 0 Å². The van der Waals surface area contributed by atoms with E-state index in [-0.39, 0.29) is 55.0 Å². The molecular formula is C3H10BaN2. The third kappa shape index (κ3) is 9.09. The molecule has 0 spiro atoms. The molecule has 34 valence electrons. The van der Waals surface area contributed by atoms with Gasteiger partial charge >= 0.3 is 0 Å². The van der Waals surface area contributed by atoms with Crippen LogP contribution in [0, 0.1) is 0 Å². The maximum absolute atomic E-state index is 5.07. The van der Waals surface area contributed by atoms with Crippen LogP contribution in [-0.2, 0) is 0 Å². The average molecular weight is 211 g/mol. The molecule has 0 heterocycles. The maximum Gasteiger partial charge on any atom is 0.0518 e. The molecule has 0 unspecified atom stereocenters. The standard InChI is InChI=1S/C3H10N2.Ba/c1-2-3(4)5;/h3H,2,4-5H2,1H3;. The molecule has 0 aliphatic rings. The van der Waals surface area contributed by atoms with E-state index in [1.807, 2.05) is 6.92 Å². The van der Waals surface area contributed by atoms with E-state index in [0.717, 1.165) is 6.42 Å². The van der Waals surface area contributed by atoms with Crippen molar-refractivity contribution in [1.82, 2.24) is 0 Å². The zero-order chi connectivity index (χ0) is 4.28. The first-order chi connectivity index (χ1) is 2.27. The van der Waals surface area contributed by atoms with Crippen molar-refractivity contribution in [3.63, 3.8) is 0 Å².